The standard InChI is InChI=1S/C28H31NO7/c1-4-13-35-29-27(19-34-26-15-20(16-28(30)31)14-25(18-26)33-5-2)21-7-6-8-24(17-21)36-23-11-9-22(32-3)10-12-23/h6-12,14-15,17-19,29H,4-5,13,16H2,1-3H3,(H,30,31). The Hall–Kier alpha value is -4.17. The maximum Gasteiger partial charge on any atom is 0.307 e. The summed E-state index contributed by atoms with van der Waals surface area (Å²) in [5.41, 5.74) is 4.84. The van der Waals surface area contributed by atoms with Crippen molar-refractivity contribution in [2.24, 2.45) is 0 Å². The summed E-state index contributed by atoms with van der Waals surface area (Å²) in [5, 5.41) is 9.19. The first kappa shape index (κ1) is 26.4. The third kappa shape index (κ3) is 8.25. The zero-order valence-corrected chi connectivity index (χ0v) is 20.7. The zero-order valence-electron chi connectivity index (χ0n) is 20.7. The smallest absolute Gasteiger partial charge is 0.307 e. The van der Waals surface area contributed by atoms with Crippen molar-refractivity contribution in [3.63, 3.8) is 0 Å². The number of carboxylic acids is 1. The van der Waals surface area contributed by atoms with Crippen molar-refractivity contribution >= 4 is 11.7 Å². The average molecular weight is 494 g/mol. The van der Waals surface area contributed by atoms with Crippen LogP contribution in [0.3, 0.4) is 0 Å². The van der Waals surface area contributed by atoms with Gasteiger partial charge in [0, 0.05) is 11.6 Å². The number of methoxy groups -OCH3 is 1. The van der Waals surface area contributed by atoms with Gasteiger partial charge in [-0.25, -0.2) is 0 Å². The number of ether oxygens (including phenoxy) is 4. The second kappa shape index (κ2) is 13.7. The summed E-state index contributed by atoms with van der Waals surface area (Å²) >= 11 is 0. The van der Waals surface area contributed by atoms with Crippen molar-refractivity contribution in [1.82, 2.24) is 5.48 Å². The monoisotopic (exact) mass is 493 g/mol. The van der Waals surface area contributed by atoms with Crippen LogP contribution in [0.5, 0.6) is 28.7 Å². The predicted octanol–water partition coefficient (Wildman–Crippen LogP) is 5.82. The molecule has 36 heavy (non-hydrogen) atoms. The average Bonchev–Trinajstić information content (AvgIpc) is 2.86. The lowest BCUT2D eigenvalue weighted by Crippen LogP contribution is -2.14. The molecule has 2 N–H and O–H groups in total. The van der Waals surface area contributed by atoms with Crippen molar-refractivity contribution in [3.05, 3.63) is 84.1 Å². The molecule has 190 valence electrons. The van der Waals surface area contributed by atoms with Crippen LogP contribution < -0.4 is 24.4 Å². The quantitative estimate of drug-likeness (QED) is 0.165. The number of carboxylic acid groups (broad SMARTS) is 1. The zero-order chi connectivity index (χ0) is 25.8. The van der Waals surface area contributed by atoms with Gasteiger partial charge in [0.1, 0.15) is 40.7 Å². The first-order valence-corrected chi connectivity index (χ1v) is 11.7. The lowest BCUT2D eigenvalue weighted by Gasteiger charge is -2.14. The van der Waals surface area contributed by atoms with E-state index in [1.165, 1.54) is 6.26 Å². The van der Waals surface area contributed by atoms with Gasteiger partial charge in [0.05, 0.1) is 26.7 Å². The van der Waals surface area contributed by atoms with Crippen molar-refractivity contribution in [2.75, 3.05) is 20.3 Å². The van der Waals surface area contributed by atoms with E-state index in [1.807, 2.05) is 62.4 Å². The highest BCUT2D eigenvalue weighted by Crippen LogP contribution is 2.28. The Balaban J connectivity index is 1.85. The summed E-state index contributed by atoms with van der Waals surface area (Å²) in [6.45, 7) is 4.82. The fraction of sp³-hybridized carbons (Fsp3) is 0.250. The molecule has 0 bridgehead atoms. The molecule has 0 aliphatic heterocycles. The van der Waals surface area contributed by atoms with E-state index in [4.69, 9.17) is 23.8 Å². The molecule has 3 aromatic rings. The molecule has 0 aliphatic rings. The van der Waals surface area contributed by atoms with Gasteiger partial charge < -0.3 is 24.1 Å². The summed E-state index contributed by atoms with van der Waals surface area (Å²) < 4.78 is 22.7. The summed E-state index contributed by atoms with van der Waals surface area (Å²) in [6.07, 6.45) is 2.20. The Labute approximate surface area is 211 Å². The van der Waals surface area contributed by atoms with Gasteiger partial charge in [-0.3, -0.25) is 15.1 Å². The molecular weight excluding hydrogens is 462 g/mol. The first-order chi connectivity index (χ1) is 17.5. The van der Waals surface area contributed by atoms with Gasteiger partial charge in [0.15, 0.2) is 0 Å². The van der Waals surface area contributed by atoms with Crippen LogP contribution in [-0.2, 0) is 16.1 Å². The number of nitrogens with one attached hydrogen (secondary N) is 1. The van der Waals surface area contributed by atoms with Gasteiger partial charge in [-0.15, -0.1) is 0 Å². The van der Waals surface area contributed by atoms with Gasteiger partial charge >= 0.3 is 5.97 Å². The van der Waals surface area contributed by atoms with Crippen LogP contribution in [0, 0.1) is 0 Å². The Bertz CT molecular complexity index is 1160. The molecule has 0 atom stereocenters. The normalized spacial score (nSPS) is 11.0. The summed E-state index contributed by atoms with van der Waals surface area (Å²) in [7, 11) is 1.61. The Morgan fingerprint density at radius 2 is 1.67 bits per heavy atom. The van der Waals surface area contributed by atoms with Gasteiger partial charge in [-0.1, -0.05) is 19.1 Å². The maximum atomic E-state index is 11.2. The van der Waals surface area contributed by atoms with E-state index in [-0.39, 0.29) is 6.42 Å². The Morgan fingerprint density at radius 1 is 0.917 bits per heavy atom. The van der Waals surface area contributed by atoms with E-state index in [9.17, 15) is 9.90 Å². The molecule has 0 aliphatic carbocycles. The minimum atomic E-state index is -0.936. The molecule has 0 spiro atoms. The van der Waals surface area contributed by atoms with E-state index in [0.29, 0.717) is 47.5 Å². The molecule has 0 fully saturated rings. The van der Waals surface area contributed by atoms with E-state index in [0.717, 1.165) is 17.7 Å². The molecule has 0 unspecified atom stereocenters. The second-order valence-electron chi connectivity index (χ2n) is 7.72. The fourth-order valence-corrected chi connectivity index (χ4v) is 3.24. The number of rotatable bonds is 14. The SMILES string of the molecule is CCCONC(=COc1cc(CC(=O)O)cc(OCC)c1)c1cccc(Oc2ccc(OC)cc2)c1. The van der Waals surface area contributed by atoms with Crippen LogP contribution in [0.1, 0.15) is 31.4 Å². The third-order valence-corrected chi connectivity index (χ3v) is 4.85. The van der Waals surface area contributed by atoms with Crippen molar-refractivity contribution in [1.29, 1.82) is 0 Å². The highest BCUT2D eigenvalue weighted by molar-refractivity contribution is 5.70. The number of hydrogen-bond acceptors (Lipinski definition) is 7. The molecule has 8 nitrogen and oxygen atoms in total. The Morgan fingerprint density at radius 3 is 2.36 bits per heavy atom. The van der Waals surface area contributed by atoms with E-state index in [1.54, 1.807) is 25.3 Å². The molecular formula is C28H31NO7. The largest absolute Gasteiger partial charge is 0.497 e. The van der Waals surface area contributed by atoms with Crippen LogP contribution in [0.2, 0.25) is 0 Å². The molecule has 0 amide bonds. The summed E-state index contributed by atoms with van der Waals surface area (Å²) in [6, 6.07) is 19.8. The Kier molecular flexibility index (Phi) is 10.0. The maximum absolute atomic E-state index is 11.2. The molecule has 8 heteroatoms. The van der Waals surface area contributed by atoms with Crippen molar-refractivity contribution in [3.8, 4) is 28.7 Å². The lowest BCUT2D eigenvalue weighted by molar-refractivity contribution is -0.136. The number of aliphatic carboxylic acids is 1. The highest BCUT2D eigenvalue weighted by Gasteiger charge is 2.09. The molecule has 3 rings (SSSR count). The van der Waals surface area contributed by atoms with E-state index >= 15 is 0 Å². The number of hydroxylamine groups is 1. The number of carbonyl (C=O) groups is 1. The van der Waals surface area contributed by atoms with E-state index in [2.05, 4.69) is 5.48 Å². The molecule has 0 saturated heterocycles. The van der Waals surface area contributed by atoms with E-state index < -0.39 is 5.97 Å². The van der Waals surface area contributed by atoms with Gasteiger partial charge in [0.2, 0.25) is 0 Å². The first-order valence-electron chi connectivity index (χ1n) is 11.7. The molecule has 0 heterocycles. The van der Waals surface area contributed by atoms with Crippen LogP contribution in [0.15, 0.2) is 73.0 Å². The third-order valence-electron chi connectivity index (χ3n) is 4.85. The lowest BCUT2D eigenvalue weighted by atomic mass is 10.1. The topological polar surface area (TPSA) is 95.5 Å². The fourth-order valence-electron chi connectivity index (χ4n) is 3.24. The van der Waals surface area contributed by atoms with Crippen LogP contribution in [0.4, 0.5) is 0 Å². The molecule has 3 aromatic carbocycles. The highest BCUT2D eigenvalue weighted by atomic mass is 16.6. The van der Waals surface area contributed by atoms with Crippen molar-refractivity contribution < 1.29 is 33.7 Å². The van der Waals surface area contributed by atoms with Crippen molar-refractivity contribution in [2.45, 2.75) is 26.7 Å². The van der Waals surface area contributed by atoms with Gasteiger partial charge in [-0.2, -0.15) is 0 Å². The molecule has 0 aromatic heterocycles. The van der Waals surface area contributed by atoms with Crippen LogP contribution in [0.25, 0.3) is 5.70 Å². The van der Waals surface area contributed by atoms with Crippen LogP contribution in [-0.4, -0.2) is 31.4 Å². The molecule has 0 saturated carbocycles. The number of hydrogen-bond donors (Lipinski definition) is 2. The summed E-state index contributed by atoms with van der Waals surface area (Å²) in [4.78, 5) is 16.8. The predicted molar refractivity (Wildman–Crippen MR) is 136 cm³/mol. The summed E-state index contributed by atoms with van der Waals surface area (Å²) in [5.74, 6) is 2.08. The minimum absolute atomic E-state index is 0.142. The second-order valence-corrected chi connectivity index (χ2v) is 7.72. The van der Waals surface area contributed by atoms with Crippen LogP contribution >= 0.6 is 0 Å². The van der Waals surface area contributed by atoms with Gasteiger partial charge in [0.25, 0.3) is 0 Å². The van der Waals surface area contributed by atoms with Gasteiger partial charge in [-0.05, 0) is 67.4 Å². The molecule has 0 radical (unpaired) electrons. The number of benzene rings is 3. The minimum Gasteiger partial charge on any atom is -0.497 e.